The normalized spacial score (nSPS) is 12.6. The summed E-state index contributed by atoms with van der Waals surface area (Å²) in [4.78, 5) is 14.6. The molecule has 0 aliphatic heterocycles. The molecule has 130 valence electrons. The van der Waals surface area contributed by atoms with E-state index in [1.54, 1.807) is 43.2 Å². The molecule has 2 rings (SSSR count). The summed E-state index contributed by atoms with van der Waals surface area (Å²) in [5, 5.41) is 10.1. The molecule has 0 N–H and O–H groups in total. The van der Waals surface area contributed by atoms with Gasteiger partial charge in [-0.15, -0.1) is 0 Å². The Hall–Kier alpha value is -3.00. The van der Waals surface area contributed by atoms with Crippen molar-refractivity contribution in [3.63, 3.8) is 0 Å². The lowest BCUT2D eigenvalue weighted by atomic mass is 9.88. The summed E-state index contributed by atoms with van der Waals surface area (Å²) in [6.45, 7) is 4.29. The third-order valence-electron chi connectivity index (χ3n) is 4.03. The molecule has 0 bridgehead atoms. The number of methoxy groups -OCH3 is 1. The molecule has 0 heterocycles. The van der Waals surface area contributed by atoms with E-state index >= 15 is 0 Å². The molecule has 5 heteroatoms. The SMILES string of the molecule is CCOC(=O)C(C#N)(c1ccccc1)N(CC)c1ccc(OC)cc1. The van der Waals surface area contributed by atoms with Crippen LogP contribution in [0.4, 0.5) is 5.69 Å². The minimum atomic E-state index is -1.55. The molecule has 0 aliphatic carbocycles. The number of ether oxygens (including phenoxy) is 2. The highest BCUT2D eigenvalue weighted by Crippen LogP contribution is 2.35. The second kappa shape index (κ2) is 8.20. The van der Waals surface area contributed by atoms with Crippen LogP contribution < -0.4 is 9.64 Å². The van der Waals surface area contributed by atoms with E-state index in [4.69, 9.17) is 9.47 Å². The van der Waals surface area contributed by atoms with Crippen LogP contribution in [0.5, 0.6) is 5.75 Å². The van der Waals surface area contributed by atoms with Gasteiger partial charge in [-0.25, -0.2) is 4.79 Å². The van der Waals surface area contributed by atoms with Gasteiger partial charge in [0.2, 0.25) is 0 Å². The molecule has 0 aromatic heterocycles. The van der Waals surface area contributed by atoms with Crippen LogP contribution in [-0.4, -0.2) is 26.2 Å². The van der Waals surface area contributed by atoms with Crippen molar-refractivity contribution in [2.75, 3.05) is 25.2 Å². The maximum atomic E-state index is 12.9. The Balaban J connectivity index is 2.62. The van der Waals surface area contributed by atoms with E-state index in [2.05, 4.69) is 6.07 Å². The Morgan fingerprint density at radius 2 is 1.76 bits per heavy atom. The number of benzene rings is 2. The highest BCUT2D eigenvalue weighted by Gasteiger charge is 2.47. The highest BCUT2D eigenvalue weighted by molar-refractivity contribution is 5.90. The van der Waals surface area contributed by atoms with Crippen LogP contribution in [0.15, 0.2) is 54.6 Å². The summed E-state index contributed by atoms with van der Waals surface area (Å²) in [6, 6.07) is 18.5. The number of nitrogens with zero attached hydrogens (tertiary/aromatic N) is 2. The van der Waals surface area contributed by atoms with Gasteiger partial charge in [0.1, 0.15) is 11.8 Å². The van der Waals surface area contributed by atoms with Crippen molar-refractivity contribution >= 4 is 11.7 Å². The number of anilines is 1. The fraction of sp³-hybridized carbons (Fsp3) is 0.300. The van der Waals surface area contributed by atoms with Gasteiger partial charge >= 0.3 is 5.97 Å². The standard InChI is InChI=1S/C20H22N2O3/c1-4-22(17-11-13-18(24-3)14-12-17)20(15-21,19(23)25-5-2)16-9-7-6-8-10-16/h6-14H,4-5H2,1-3H3. The highest BCUT2D eigenvalue weighted by atomic mass is 16.5. The van der Waals surface area contributed by atoms with Gasteiger partial charge in [0.15, 0.2) is 0 Å². The number of carbonyl (C=O) groups is 1. The van der Waals surface area contributed by atoms with Crippen molar-refractivity contribution in [1.82, 2.24) is 0 Å². The van der Waals surface area contributed by atoms with Gasteiger partial charge in [-0.3, -0.25) is 0 Å². The van der Waals surface area contributed by atoms with Crippen LogP contribution in [0.3, 0.4) is 0 Å². The Morgan fingerprint density at radius 1 is 1.12 bits per heavy atom. The molecular formula is C20H22N2O3. The average molecular weight is 338 g/mol. The van der Waals surface area contributed by atoms with E-state index in [9.17, 15) is 10.1 Å². The molecule has 1 unspecified atom stereocenters. The van der Waals surface area contributed by atoms with Crippen molar-refractivity contribution in [3.05, 3.63) is 60.2 Å². The number of likely N-dealkylation sites (N-methyl/N-ethyl adjacent to an activating group) is 1. The van der Waals surface area contributed by atoms with Gasteiger partial charge in [-0.05, 0) is 38.1 Å². The van der Waals surface area contributed by atoms with Gasteiger partial charge < -0.3 is 14.4 Å². The maximum absolute atomic E-state index is 12.9. The summed E-state index contributed by atoms with van der Waals surface area (Å²) in [5.41, 5.74) is -0.240. The molecule has 0 amide bonds. The predicted octanol–water partition coefficient (Wildman–Crippen LogP) is 3.50. The summed E-state index contributed by atoms with van der Waals surface area (Å²) in [5.74, 6) is 0.125. The first-order chi connectivity index (χ1) is 12.1. The first kappa shape index (κ1) is 18.3. The van der Waals surface area contributed by atoms with Gasteiger partial charge in [0, 0.05) is 17.8 Å². The number of carbonyl (C=O) groups excluding carboxylic acids is 1. The van der Waals surface area contributed by atoms with Crippen molar-refractivity contribution in [3.8, 4) is 11.8 Å². The van der Waals surface area contributed by atoms with Crippen LogP contribution in [0.1, 0.15) is 19.4 Å². The van der Waals surface area contributed by atoms with Crippen LogP contribution in [0.25, 0.3) is 0 Å². The summed E-state index contributed by atoms with van der Waals surface area (Å²) < 4.78 is 10.5. The molecule has 0 saturated carbocycles. The molecule has 0 fully saturated rings. The van der Waals surface area contributed by atoms with E-state index in [-0.39, 0.29) is 6.61 Å². The quantitative estimate of drug-likeness (QED) is 0.723. The Morgan fingerprint density at radius 3 is 2.24 bits per heavy atom. The number of esters is 1. The first-order valence-corrected chi connectivity index (χ1v) is 8.19. The van der Waals surface area contributed by atoms with Crippen LogP contribution >= 0.6 is 0 Å². The molecule has 2 aromatic carbocycles. The van der Waals surface area contributed by atoms with Crippen LogP contribution in [0, 0.1) is 11.3 Å². The van der Waals surface area contributed by atoms with Crippen LogP contribution in [0.2, 0.25) is 0 Å². The number of hydrogen-bond donors (Lipinski definition) is 0. The largest absolute Gasteiger partial charge is 0.497 e. The third-order valence-corrected chi connectivity index (χ3v) is 4.03. The van der Waals surface area contributed by atoms with Crippen molar-refractivity contribution < 1.29 is 14.3 Å². The zero-order chi connectivity index (χ0) is 18.3. The number of nitriles is 1. The minimum Gasteiger partial charge on any atom is -0.497 e. The van der Waals surface area contributed by atoms with Gasteiger partial charge in [-0.2, -0.15) is 5.26 Å². The second-order valence-corrected chi connectivity index (χ2v) is 5.35. The fourth-order valence-electron chi connectivity index (χ4n) is 2.84. The zero-order valence-electron chi connectivity index (χ0n) is 14.7. The maximum Gasteiger partial charge on any atom is 0.351 e. The molecule has 0 aliphatic rings. The molecule has 2 aromatic rings. The van der Waals surface area contributed by atoms with Gasteiger partial charge in [0.05, 0.1) is 13.7 Å². The number of rotatable bonds is 7. The zero-order valence-corrected chi connectivity index (χ0v) is 14.7. The van der Waals surface area contributed by atoms with Gasteiger partial charge in [-0.1, -0.05) is 30.3 Å². The first-order valence-electron chi connectivity index (χ1n) is 8.19. The van der Waals surface area contributed by atoms with Crippen molar-refractivity contribution in [1.29, 1.82) is 5.26 Å². The minimum absolute atomic E-state index is 0.204. The van der Waals surface area contributed by atoms with E-state index < -0.39 is 11.5 Å². The molecule has 5 nitrogen and oxygen atoms in total. The summed E-state index contributed by atoms with van der Waals surface area (Å²) in [7, 11) is 1.59. The Kier molecular flexibility index (Phi) is 6.02. The smallest absolute Gasteiger partial charge is 0.351 e. The molecule has 1 atom stereocenters. The molecule has 25 heavy (non-hydrogen) atoms. The summed E-state index contributed by atoms with van der Waals surface area (Å²) >= 11 is 0. The van der Waals surface area contributed by atoms with E-state index in [0.717, 1.165) is 5.69 Å². The van der Waals surface area contributed by atoms with Crippen LogP contribution in [-0.2, 0) is 15.1 Å². The van der Waals surface area contributed by atoms with Crippen molar-refractivity contribution in [2.24, 2.45) is 0 Å². The summed E-state index contributed by atoms with van der Waals surface area (Å²) in [6.07, 6.45) is 0. The molecule has 0 spiro atoms. The lowest BCUT2D eigenvalue weighted by Gasteiger charge is -2.38. The number of hydrogen-bond acceptors (Lipinski definition) is 5. The average Bonchev–Trinajstić information content (AvgIpc) is 2.67. The van der Waals surface area contributed by atoms with Gasteiger partial charge in [0.25, 0.3) is 5.54 Å². The van der Waals surface area contributed by atoms with E-state index in [0.29, 0.717) is 17.9 Å². The predicted molar refractivity (Wildman–Crippen MR) is 96.4 cm³/mol. The van der Waals surface area contributed by atoms with E-state index in [1.807, 2.05) is 37.3 Å². The Bertz CT molecular complexity index is 738. The lowest BCUT2D eigenvalue weighted by Crippen LogP contribution is -2.52. The molecular weight excluding hydrogens is 316 g/mol. The van der Waals surface area contributed by atoms with E-state index in [1.165, 1.54) is 0 Å². The second-order valence-electron chi connectivity index (χ2n) is 5.35. The molecule has 0 saturated heterocycles. The third kappa shape index (κ3) is 3.43. The Labute approximate surface area is 148 Å². The topological polar surface area (TPSA) is 62.6 Å². The lowest BCUT2D eigenvalue weighted by molar-refractivity contribution is -0.147. The monoisotopic (exact) mass is 338 g/mol. The van der Waals surface area contributed by atoms with Crippen molar-refractivity contribution in [2.45, 2.75) is 19.4 Å². The fourth-order valence-corrected chi connectivity index (χ4v) is 2.84. The molecule has 0 radical (unpaired) electrons.